The van der Waals surface area contributed by atoms with Crippen LogP contribution in [0.4, 0.5) is 11.8 Å². The Kier molecular flexibility index (Phi) is 5.00. The van der Waals surface area contributed by atoms with Gasteiger partial charge in [0.05, 0.1) is 12.8 Å². The van der Waals surface area contributed by atoms with Crippen LogP contribution in [0.1, 0.15) is 25.5 Å². The zero-order chi connectivity index (χ0) is 14.5. The molecule has 1 saturated heterocycles. The minimum atomic E-state index is 0.339. The number of piperazine rings is 1. The fraction of sp³-hybridized carbons (Fsp3) is 0.714. The van der Waals surface area contributed by atoms with Crippen LogP contribution in [-0.4, -0.2) is 55.2 Å². The Bertz CT molecular complexity index is 443. The molecule has 0 bridgehead atoms. The molecule has 0 amide bonds. The molecule has 0 radical (unpaired) electrons. The highest BCUT2D eigenvalue weighted by atomic mass is 16.5. The second-order valence-electron chi connectivity index (χ2n) is 5.28. The second kappa shape index (κ2) is 6.74. The molecular weight excluding hydrogens is 254 g/mol. The van der Waals surface area contributed by atoms with Gasteiger partial charge in [-0.1, -0.05) is 13.3 Å². The van der Waals surface area contributed by atoms with Crippen LogP contribution in [0.2, 0.25) is 0 Å². The Morgan fingerprint density at radius 1 is 1.20 bits per heavy atom. The molecule has 6 heteroatoms. The van der Waals surface area contributed by atoms with Crippen LogP contribution in [0, 0.1) is 0 Å². The van der Waals surface area contributed by atoms with Crippen molar-refractivity contribution in [3.05, 3.63) is 5.69 Å². The zero-order valence-corrected chi connectivity index (χ0v) is 12.7. The summed E-state index contributed by atoms with van der Waals surface area (Å²) in [6.45, 7) is 6.10. The van der Waals surface area contributed by atoms with E-state index >= 15 is 0 Å². The van der Waals surface area contributed by atoms with Gasteiger partial charge in [0.1, 0.15) is 0 Å². The van der Waals surface area contributed by atoms with Gasteiger partial charge in [-0.2, -0.15) is 4.98 Å². The quantitative estimate of drug-likeness (QED) is 0.872. The van der Waals surface area contributed by atoms with Gasteiger partial charge in [0.2, 0.25) is 5.95 Å². The van der Waals surface area contributed by atoms with Crippen molar-refractivity contribution >= 4 is 11.8 Å². The molecule has 0 spiro atoms. The number of nitrogens with two attached hydrogens (primary N) is 1. The third-order valence-electron chi connectivity index (χ3n) is 3.71. The monoisotopic (exact) mass is 279 g/mol. The van der Waals surface area contributed by atoms with Crippen LogP contribution in [-0.2, 0) is 6.42 Å². The number of hydrogen-bond donors (Lipinski definition) is 1. The first-order valence-corrected chi connectivity index (χ1v) is 7.29. The lowest BCUT2D eigenvalue weighted by Gasteiger charge is -2.34. The molecule has 2 rings (SSSR count). The average Bonchev–Trinajstić information content (AvgIpc) is 2.45. The van der Waals surface area contributed by atoms with E-state index in [-0.39, 0.29) is 0 Å². The SMILES string of the molecule is CCCCc1nc(N)nc(N2CCN(C)CC2)c1OC. The molecule has 0 unspecified atom stereocenters. The summed E-state index contributed by atoms with van der Waals surface area (Å²) in [5.74, 6) is 1.97. The van der Waals surface area contributed by atoms with Crippen molar-refractivity contribution in [2.24, 2.45) is 0 Å². The van der Waals surface area contributed by atoms with Gasteiger partial charge in [-0.15, -0.1) is 0 Å². The molecule has 0 atom stereocenters. The van der Waals surface area contributed by atoms with Gasteiger partial charge in [0.25, 0.3) is 0 Å². The number of nitrogen functional groups attached to an aromatic ring is 1. The van der Waals surface area contributed by atoms with E-state index in [4.69, 9.17) is 10.5 Å². The smallest absolute Gasteiger partial charge is 0.222 e. The Labute approximate surface area is 120 Å². The zero-order valence-electron chi connectivity index (χ0n) is 12.7. The van der Waals surface area contributed by atoms with E-state index in [1.807, 2.05) is 0 Å². The molecule has 20 heavy (non-hydrogen) atoms. The summed E-state index contributed by atoms with van der Waals surface area (Å²) in [4.78, 5) is 13.3. The minimum absolute atomic E-state index is 0.339. The molecule has 2 heterocycles. The van der Waals surface area contributed by atoms with Crippen molar-refractivity contribution in [3.8, 4) is 5.75 Å². The summed E-state index contributed by atoms with van der Waals surface area (Å²) in [7, 11) is 3.82. The van der Waals surface area contributed by atoms with Crippen LogP contribution in [0.25, 0.3) is 0 Å². The number of nitrogens with zero attached hydrogens (tertiary/aromatic N) is 4. The Morgan fingerprint density at radius 2 is 1.90 bits per heavy atom. The predicted octanol–water partition coefficient (Wildman–Crippen LogP) is 1.16. The van der Waals surface area contributed by atoms with Gasteiger partial charge in [-0.3, -0.25) is 0 Å². The number of aromatic nitrogens is 2. The maximum Gasteiger partial charge on any atom is 0.222 e. The summed E-state index contributed by atoms with van der Waals surface area (Å²) in [6.07, 6.45) is 3.08. The number of unbranched alkanes of at least 4 members (excludes halogenated alkanes) is 1. The molecule has 1 aliphatic rings. The molecule has 1 fully saturated rings. The maximum atomic E-state index is 5.87. The van der Waals surface area contributed by atoms with E-state index in [2.05, 4.69) is 33.7 Å². The van der Waals surface area contributed by atoms with Crippen LogP contribution in [0.15, 0.2) is 0 Å². The normalized spacial score (nSPS) is 16.4. The van der Waals surface area contributed by atoms with E-state index in [1.54, 1.807) is 7.11 Å². The maximum absolute atomic E-state index is 5.87. The van der Waals surface area contributed by atoms with Crippen molar-refractivity contribution in [1.29, 1.82) is 0 Å². The van der Waals surface area contributed by atoms with Crippen molar-refractivity contribution in [1.82, 2.24) is 14.9 Å². The summed E-state index contributed by atoms with van der Waals surface area (Å²) in [5, 5.41) is 0. The number of likely N-dealkylation sites (N-methyl/N-ethyl adjacent to an activating group) is 1. The van der Waals surface area contributed by atoms with Crippen molar-refractivity contribution in [2.75, 3.05) is 51.0 Å². The first-order valence-electron chi connectivity index (χ1n) is 7.29. The lowest BCUT2D eigenvalue weighted by molar-refractivity contribution is 0.309. The molecule has 0 aliphatic carbocycles. The fourth-order valence-electron chi connectivity index (χ4n) is 2.46. The molecular formula is C14H25N5O. The average molecular weight is 279 g/mol. The molecule has 1 aromatic heterocycles. The van der Waals surface area contributed by atoms with Gasteiger partial charge in [-0.25, -0.2) is 4.98 Å². The largest absolute Gasteiger partial charge is 0.491 e. The standard InChI is InChI=1S/C14H25N5O/c1-4-5-6-11-12(20-3)13(17-14(15)16-11)19-9-7-18(2)8-10-19/h4-10H2,1-3H3,(H2,15,16,17). The van der Waals surface area contributed by atoms with E-state index < -0.39 is 0 Å². The summed E-state index contributed by atoms with van der Waals surface area (Å²) >= 11 is 0. The van der Waals surface area contributed by atoms with Crippen LogP contribution >= 0.6 is 0 Å². The van der Waals surface area contributed by atoms with E-state index in [0.717, 1.165) is 62.7 Å². The highest BCUT2D eigenvalue weighted by Crippen LogP contribution is 2.31. The first-order chi connectivity index (χ1) is 9.65. The first kappa shape index (κ1) is 14.8. The lowest BCUT2D eigenvalue weighted by Crippen LogP contribution is -2.45. The van der Waals surface area contributed by atoms with E-state index in [0.29, 0.717) is 5.95 Å². The number of ether oxygens (including phenoxy) is 1. The second-order valence-corrected chi connectivity index (χ2v) is 5.28. The van der Waals surface area contributed by atoms with Gasteiger partial charge >= 0.3 is 0 Å². The highest BCUT2D eigenvalue weighted by Gasteiger charge is 2.22. The molecule has 2 N–H and O–H groups in total. The minimum Gasteiger partial charge on any atom is -0.491 e. The lowest BCUT2D eigenvalue weighted by atomic mass is 10.1. The van der Waals surface area contributed by atoms with Crippen molar-refractivity contribution in [3.63, 3.8) is 0 Å². The van der Waals surface area contributed by atoms with Crippen molar-refractivity contribution in [2.45, 2.75) is 26.2 Å². The molecule has 6 nitrogen and oxygen atoms in total. The summed E-state index contributed by atoms with van der Waals surface area (Å²) in [6, 6.07) is 0. The van der Waals surface area contributed by atoms with Gasteiger partial charge in [-0.05, 0) is 19.9 Å². The van der Waals surface area contributed by atoms with Crippen LogP contribution in [0.5, 0.6) is 5.75 Å². The molecule has 0 aromatic carbocycles. The van der Waals surface area contributed by atoms with Crippen molar-refractivity contribution < 1.29 is 4.74 Å². The summed E-state index contributed by atoms with van der Waals surface area (Å²) < 4.78 is 5.57. The van der Waals surface area contributed by atoms with Gasteiger partial charge in [0, 0.05) is 26.2 Å². The highest BCUT2D eigenvalue weighted by molar-refractivity contribution is 5.57. The topological polar surface area (TPSA) is 67.5 Å². The third kappa shape index (κ3) is 3.30. The van der Waals surface area contributed by atoms with Gasteiger partial charge < -0.3 is 20.3 Å². The Balaban J connectivity index is 2.28. The van der Waals surface area contributed by atoms with Crippen LogP contribution < -0.4 is 15.4 Å². The predicted molar refractivity (Wildman–Crippen MR) is 81.3 cm³/mol. The summed E-state index contributed by atoms with van der Waals surface area (Å²) in [5.41, 5.74) is 6.80. The Hall–Kier alpha value is -1.56. The number of aryl methyl sites for hydroxylation is 1. The molecule has 1 aromatic rings. The van der Waals surface area contributed by atoms with E-state index in [9.17, 15) is 0 Å². The third-order valence-corrected chi connectivity index (χ3v) is 3.71. The van der Waals surface area contributed by atoms with Gasteiger partial charge in [0.15, 0.2) is 11.6 Å². The van der Waals surface area contributed by atoms with Crippen LogP contribution in [0.3, 0.4) is 0 Å². The number of hydrogen-bond acceptors (Lipinski definition) is 6. The number of anilines is 2. The molecule has 112 valence electrons. The molecule has 0 saturated carbocycles. The fourth-order valence-corrected chi connectivity index (χ4v) is 2.46. The van der Waals surface area contributed by atoms with E-state index in [1.165, 1.54) is 0 Å². The number of methoxy groups -OCH3 is 1. The Morgan fingerprint density at radius 3 is 2.50 bits per heavy atom. The molecule has 1 aliphatic heterocycles. The number of rotatable bonds is 5.